The predicted octanol–water partition coefficient (Wildman–Crippen LogP) is -0.493. The maximum absolute atomic E-state index is 9.96. The molecule has 1 aliphatic heterocycles. The van der Waals surface area contributed by atoms with E-state index in [0.717, 1.165) is 5.56 Å². The van der Waals surface area contributed by atoms with E-state index in [-0.39, 0.29) is 19.2 Å². The molecule has 1 heterocycles. The first-order valence-corrected chi connectivity index (χ1v) is 6.52. The van der Waals surface area contributed by atoms with Gasteiger partial charge >= 0.3 is 0 Å². The van der Waals surface area contributed by atoms with E-state index in [4.69, 9.17) is 0 Å². The third kappa shape index (κ3) is 2.80. The monoisotopic (exact) mass is 267 g/mol. The quantitative estimate of drug-likeness (QED) is 0.594. The van der Waals surface area contributed by atoms with E-state index in [1.54, 1.807) is 0 Å². The number of aliphatic hydroxyl groups is 4. The van der Waals surface area contributed by atoms with Crippen molar-refractivity contribution in [1.29, 1.82) is 0 Å². The number of nitrogens with zero attached hydrogens (tertiary/aromatic N) is 1. The second-order valence-electron chi connectivity index (χ2n) is 5.08. The lowest BCUT2D eigenvalue weighted by molar-refractivity contribution is -0.153. The van der Waals surface area contributed by atoms with Crippen molar-refractivity contribution < 1.29 is 20.4 Å². The van der Waals surface area contributed by atoms with E-state index in [2.05, 4.69) is 0 Å². The van der Waals surface area contributed by atoms with Crippen LogP contribution in [0.1, 0.15) is 18.5 Å². The average molecular weight is 267 g/mol. The topological polar surface area (TPSA) is 84.2 Å². The highest BCUT2D eigenvalue weighted by atomic mass is 16.4. The molecule has 0 saturated carbocycles. The lowest BCUT2D eigenvalue weighted by Crippen LogP contribution is -2.62. The largest absolute Gasteiger partial charge is 0.395 e. The van der Waals surface area contributed by atoms with Crippen LogP contribution in [0.4, 0.5) is 0 Å². The number of piperidine rings is 1. The molecule has 19 heavy (non-hydrogen) atoms. The molecule has 1 aromatic carbocycles. The molecule has 0 spiro atoms. The summed E-state index contributed by atoms with van der Waals surface area (Å²) in [7, 11) is 0. The van der Waals surface area contributed by atoms with Crippen LogP contribution in [0, 0.1) is 0 Å². The SMILES string of the molecule is C[C@H](c1ccccc1)N1C[C@H](O)[C@@H](O)[C@H](O)[C@H]1CO. The summed E-state index contributed by atoms with van der Waals surface area (Å²) in [4.78, 5) is 1.83. The second kappa shape index (κ2) is 5.98. The van der Waals surface area contributed by atoms with Crippen molar-refractivity contribution in [1.82, 2.24) is 4.90 Å². The molecule has 1 fully saturated rings. The molecular weight excluding hydrogens is 246 g/mol. The van der Waals surface area contributed by atoms with Crippen LogP contribution in [-0.4, -0.2) is 62.8 Å². The first-order chi connectivity index (χ1) is 9.06. The Kier molecular flexibility index (Phi) is 4.54. The summed E-state index contributed by atoms with van der Waals surface area (Å²) in [6.45, 7) is 1.91. The molecule has 5 nitrogen and oxygen atoms in total. The number of hydrogen-bond donors (Lipinski definition) is 4. The summed E-state index contributed by atoms with van der Waals surface area (Å²) in [5, 5.41) is 38.9. The van der Waals surface area contributed by atoms with Gasteiger partial charge in [-0.15, -0.1) is 0 Å². The van der Waals surface area contributed by atoms with Gasteiger partial charge in [-0.25, -0.2) is 0 Å². The van der Waals surface area contributed by atoms with Gasteiger partial charge in [0, 0.05) is 12.6 Å². The zero-order valence-electron chi connectivity index (χ0n) is 10.9. The van der Waals surface area contributed by atoms with Crippen molar-refractivity contribution >= 4 is 0 Å². The Balaban J connectivity index is 2.22. The van der Waals surface area contributed by atoms with E-state index in [0.29, 0.717) is 0 Å². The molecule has 0 radical (unpaired) electrons. The minimum Gasteiger partial charge on any atom is -0.395 e. The van der Waals surface area contributed by atoms with E-state index in [9.17, 15) is 20.4 Å². The summed E-state index contributed by atoms with van der Waals surface area (Å²) in [6.07, 6.45) is -3.37. The molecule has 1 aliphatic rings. The van der Waals surface area contributed by atoms with Gasteiger partial charge < -0.3 is 20.4 Å². The van der Waals surface area contributed by atoms with Gasteiger partial charge in [0.2, 0.25) is 0 Å². The molecule has 106 valence electrons. The first-order valence-electron chi connectivity index (χ1n) is 6.52. The zero-order chi connectivity index (χ0) is 14.0. The summed E-state index contributed by atoms with van der Waals surface area (Å²) < 4.78 is 0. The normalized spacial score (nSPS) is 34.2. The average Bonchev–Trinajstić information content (AvgIpc) is 2.44. The molecule has 4 N–H and O–H groups in total. The first kappa shape index (κ1) is 14.4. The van der Waals surface area contributed by atoms with Crippen LogP contribution in [0.2, 0.25) is 0 Å². The van der Waals surface area contributed by atoms with Crippen molar-refractivity contribution in [3.8, 4) is 0 Å². The molecule has 0 aliphatic carbocycles. The fourth-order valence-corrected chi connectivity index (χ4v) is 2.69. The maximum atomic E-state index is 9.96. The van der Waals surface area contributed by atoms with Gasteiger partial charge in [-0.2, -0.15) is 0 Å². The summed E-state index contributed by atoms with van der Waals surface area (Å²) in [6, 6.07) is 9.05. The number of aliphatic hydroxyl groups excluding tert-OH is 4. The second-order valence-corrected chi connectivity index (χ2v) is 5.08. The van der Waals surface area contributed by atoms with Gasteiger partial charge in [-0.05, 0) is 12.5 Å². The fourth-order valence-electron chi connectivity index (χ4n) is 2.69. The van der Waals surface area contributed by atoms with Crippen molar-refractivity contribution in [2.75, 3.05) is 13.2 Å². The Labute approximate surface area is 112 Å². The lowest BCUT2D eigenvalue weighted by Gasteiger charge is -2.46. The molecule has 1 saturated heterocycles. The molecule has 5 heteroatoms. The van der Waals surface area contributed by atoms with Crippen molar-refractivity contribution in [2.24, 2.45) is 0 Å². The van der Waals surface area contributed by atoms with Gasteiger partial charge in [-0.1, -0.05) is 30.3 Å². The number of β-amino-alcohol motifs (C(OH)–C–C–N with tert-alkyl or cyclic N) is 1. The Morgan fingerprint density at radius 3 is 2.37 bits per heavy atom. The Hall–Kier alpha value is -0.980. The molecule has 0 amide bonds. The molecule has 2 rings (SSSR count). The number of benzene rings is 1. The molecule has 0 unspecified atom stereocenters. The highest BCUT2D eigenvalue weighted by Gasteiger charge is 2.42. The van der Waals surface area contributed by atoms with Crippen molar-refractivity contribution in [2.45, 2.75) is 37.3 Å². The Bertz CT molecular complexity index is 400. The molecular formula is C14H21NO4. The number of hydrogen-bond acceptors (Lipinski definition) is 5. The molecule has 0 bridgehead atoms. The minimum absolute atomic E-state index is 0.0600. The summed E-state index contributed by atoms with van der Waals surface area (Å²) in [5.74, 6) is 0. The van der Waals surface area contributed by atoms with Crippen LogP contribution >= 0.6 is 0 Å². The minimum atomic E-state index is -1.21. The lowest BCUT2D eigenvalue weighted by atomic mass is 9.91. The number of likely N-dealkylation sites (tertiary alicyclic amines) is 1. The van der Waals surface area contributed by atoms with Crippen molar-refractivity contribution in [3.05, 3.63) is 35.9 Å². The van der Waals surface area contributed by atoms with Crippen LogP contribution in [0.15, 0.2) is 30.3 Å². The van der Waals surface area contributed by atoms with Gasteiger partial charge in [0.15, 0.2) is 0 Å². The predicted molar refractivity (Wildman–Crippen MR) is 70.5 cm³/mol. The smallest absolute Gasteiger partial charge is 0.109 e. The highest BCUT2D eigenvalue weighted by Crippen LogP contribution is 2.28. The Morgan fingerprint density at radius 2 is 1.79 bits per heavy atom. The van der Waals surface area contributed by atoms with Crippen LogP contribution in [0.3, 0.4) is 0 Å². The van der Waals surface area contributed by atoms with E-state index >= 15 is 0 Å². The van der Waals surface area contributed by atoms with Gasteiger partial charge in [0.05, 0.1) is 18.8 Å². The van der Waals surface area contributed by atoms with Crippen LogP contribution < -0.4 is 0 Å². The third-order valence-corrected chi connectivity index (χ3v) is 3.93. The molecule has 5 atom stereocenters. The van der Waals surface area contributed by atoms with Crippen LogP contribution in [0.25, 0.3) is 0 Å². The summed E-state index contributed by atoms with van der Waals surface area (Å²) in [5.41, 5.74) is 1.04. The highest BCUT2D eigenvalue weighted by molar-refractivity contribution is 5.19. The number of rotatable bonds is 3. The molecule has 0 aromatic heterocycles. The van der Waals surface area contributed by atoms with E-state index in [1.165, 1.54) is 0 Å². The van der Waals surface area contributed by atoms with E-state index < -0.39 is 24.4 Å². The van der Waals surface area contributed by atoms with Gasteiger partial charge in [0.1, 0.15) is 12.2 Å². The third-order valence-electron chi connectivity index (χ3n) is 3.93. The van der Waals surface area contributed by atoms with E-state index in [1.807, 2.05) is 42.2 Å². The van der Waals surface area contributed by atoms with Crippen LogP contribution in [-0.2, 0) is 0 Å². The summed E-state index contributed by atoms with van der Waals surface area (Å²) >= 11 is 0. The van der Waals surface area contributed by atoms with Crippen molar-refractivity contribution in [3.63, 3.8) is 0 Å². The fraction of sp³-hybridized carbons (Fsp3) is 0.571. The van der Waals surface area contributed by atoms with Crippen LogP contribution in [0.5, 0.6) is 0 Å². The maximum Gasteiger partial charge on any atom is 0.109 e. The van der Waals surface area contributed by atoms with Gasteiger partial charge in [-0.3, -0.25) is 4.90 Å². The standard InChI is InChI=1S/C14H21NO4/c1-9(10-5-3-2-4-6-10)15-7-12(17)14(19)13(18)11(15)8-16/h2-6,9,11-14,16-19H,7-8H2,1H3/t9-,11-,12+,13-,14-/m1/s1. The molecule has 1 aromatic rings. The van der Waals surface area contributed by atoms with Gasteiger partial charge in [0.25, 0.3) is 0 Å². The zero-order valence-corrected chi connectivity index (χ0v) is 10.9. The Morgan fingerprint density at radius 1 is 1.16 bits per heavy atom.